The Hall–Kier alpha value is -2.41. The van der Waals surface area contributed by atoms with Gasteiger partial charge in [0.1, 0.15) is 18.0 Å². The molecule has 3 rings (SSSR count). The van der Waals surface area contributed by atoms with Gasteiger partial charge in [-0.05, 0) is 43.3 Å². The average molecular weight is 381 g/mol. The molecule has 0 spiro atoms. The first-order valence-corrected chi connectivity index (χ1v) is 9.09. The lowest BCUT2D eigenvalue weighted by Gasteiger charge is -2.34. The fraction of sp³-hybridized carbons (Fsp3) is 0.400. The van der Waals surface area contributed by atoms with E-state index in [4.69, 9.17) is 4.74 Å². The Morgan fingerprint density at radius 2 is 1.67 bits per heavy atom. The number of rotatable bonds is 6. The Kier molecular flexibility index (Phi) is 6.11. The predicted molar refractivity (Wildman–Crippen MR) is 97.3 cm³/mol. The normalized spacial score (nSPS) is 15.6. The highest BCUT2D eigenvalue weighted by Gasteiger charge is 2.31. The molecule has 0 unspecified atom stereocenters. The van der Waals surface area contributed by atoms with Crippen LogP contribution < -0.4 is 19.3 Å². The van der Waals surface area contributed by atoms with Crippen LogP contribution in [0.4, 0.5) is 18.9 Å². The van der Waals surface area contributed by atoms with E-state index in [1.54, 1.807) is 12.1 Å². The number of nitrogens with one attached hydrogen (secondary N) is 1. The number of hydrogen-bond acceptors (Lipinski definition) is 3. The lowest BCUT2D eigenvalue weighted by Crippen LogP contribution is -3.13. The fourth-order valence-electron chi connectivity index (χ4n) is 3.33. The lowest BCUT2D eigenvalue weighted by molar-refractivity contribution is -0.914. The number of hydrogen-bond donors (Lipinski definition) is 1. The van der Waals surface area contributed by atoms with E-state index in [0.29, 0.717) is 6.61 Å². The van der Waals surface area contributed by atoms with Crippen LogP contribution in [-0.2, 0) is 6.54 Å². The van der Waals surface area contributed by atoms with Crippen LogP contribution >= 0.6 is 0 Å². The first-order valence-electron chi connectivity index (χ1n) is 9.09. The molecule has 0 amide bonds. The predicted octanol–water partition coefficient (Wildman–Crippen LogP) is 2.89. The fourth-order valence-corrected chi connectivity index (χ4v) is 3.33. The lowest BCUT2D eigenvalue weighted by atomic mass is 10.1. The van der Waals surface area contributed by atoms with Gasteiger partial charge in [0.2, 0.25) is 0 Å². The number of nitrogens with zero attached hydrogens (tertiary/aromatic N) is 1. The summed E-state index contributed by atoms with van der Waals surface area (Å²) >= 11 is 0. The van der Waals surface area contributed by atoms with Crippen molar-refractivity contribution in [1.82, 2.24) is 0 Å². The van der Waals surface area contributed by atoms with Crippen LogP contribution in [0, 0.1) is 0 Å². The van der Waals surface area contributed by atoms with Crippen molar-refractivity contribution in [3.8, 4) is 11.5 Å². The van der Waals surface area contributed by atoms with Gasteiger partial charge in [-0.15, -0.1) is 13.2 Å². The highest BCUT2D eigenvalue weighted by molar-refractivity contribution is 5.58. The van der Waals surface area contributed by atoms with Gasteiger partial charge in [-0.3, -0.25) is 0 Å². The van der Waals surface area contributed by atoms with Crippen molar-refractivity contribution in [1.29, 1.82) is 0 Å². The van der Waals surface area contributed by atoms with E-state index < -0.39 is 6.36 Å². The minimum absolute atomic E-state index is 0.182. The summed E-state index contributed by atoms with van der Waals surface area (Å²) in [5.74, 6) is 0.724. The van der Waals surface area contributed by atoms with Crippen molar-refractivity contribution in [3.63, 3.8) is 0 Å². The van der Waals surface area contributed by atoms with E-state index in [0.717, 1.165) is 49.7 Å². The molecule has 7 heteroatoms. The number of piperazine rings is 1. The smallest absolute Gasteiger partial charge is 0.492 e. The number of anilines is 1. The molecule has 1 N–H and O–H groups in total. The van der Waals surface area contributed by atoms with Crippen molar-refractivity contribution in [3.05, 3.63) is 54.1 Å². The van der Waals surface area contributed by atoms with Crippen LogP contribution in [0.1, 0.15) is 12.5 Å². The Morgan fingerprint density at radius 1 is 1.00 bits per heavy atom. The average Bonchev–Trinajstić information content (AvgIpc) is 2.64. The van der Waals surface area contributed by atoms with E-state index in [9.17, 15) is 13.2 Å². The molecule has 0 saturated carbocycles. The van der Waals surface area contributed by atoms with Gasteiger partial charge in [0.05, 0.1) is 38.5 Å². The van der Waals surface area contributed by atoms with E-state index in [1.807, 2.05) is 25.1 Å². The first kappa shape index (κ1) is 19.4. The van der Waals surface area contributed by atoms with E-state index in [1.165, 1.54) is 17.0 Å². The van der Waals surface area contributed by atoms with Gasteiger partial charge in [-0.25, -0.2) is 0 Å². The van der Waals surface area contributed by atoms with Crippen molar-refractivity contribution in [2.24, 2.45) is 0 Å². The SMILES string of the molecule is CCOc1ccccc1N1CC[NH+](Cc2ccc(OC(F)(F)F)cc2)CC1. The topological polar surface area (TPSA) is 26.1 Å². The van der Waals surface area contributed by atoms with Crippen molar-refractivity contribution >= 4 is 5.69 Å². The first-order chi connectivity index (χ1) is 12.9. The van der Waals surface area contributed by atoms with Crippen LogP contribution in [0.15, 0.2) is 48.5 Å². The summed E-state index contributed by atoms with van der Waals surface area (Å²) in [5, 5.41) is 0. The van der Waals surface area contributed by atoms with Crippen LogP contribution in [0.3, 0.4) is 0 Å². The molecular weight excluding hydrogens is 357 g/mol. The second-order valence-corrected chi connectivity index (χ2v) is 6.51. The molecule has 4 nitrogen and oxygen atoms in total. The number of halogens is 3. The molecule has 1 aliphatic rings. The molecule has 1 fully saturated rings. The highest BCUT2D eigenvalue weighted by Crippen LogP contribution is 2.28. The Morgan fingerprint density at radius 3 is 2.30 bits per heavy atom. The van der Waals surface area contributed by atoms with Crippen LogP contribution in [0.5, 0.6) is 11.5 Å². The molecule has 2 aromatic carbocycles. The van der Waals surface area contributed by atoms with Crippen molar-refractivity contribution in [2.75, 3.05) is 37.7 Å². The zero-order chi connectivity index (χ0) is 19.3. The van der Waals surface area contributed by atoms with Crippen molar-refractivity contribution < 1.29 is 27.5 Å². The summed E-state index contributed by atoms with van der Waals surface area (Å²) in [4.78, 5) is 3.74. The maximum atomic E-state index is 12.2. The van der Waals surface area contributed by atoms with Crippen molar-refractivity contribution in [2.45, 2.75) is 19.8 Å². The number of alkyl halides is 3. The van der Waals surface area contributed by atoms with Gasteiger partial charge in [-0.2, -0.15) is 0 Å². The minimum Gasteiger partial charge on any atom is -0.492 e. The number of quaternary nitrogens is 1. The maximum Gasteiger partial charge on any atom is 0.573 e. The third-order valence-electron chi connectivity index (χ3n) is 4.59. The maximum absolute atomic E-state index is 12.2. The molecule has 0 bridgehead atoms. The molecule has 1 aliphatic heterocycles. The second kappa shape index (κ2) is 8.52. The quantitative estimate of drug-likeness (QED) is 0.834. The van der Waals surface area contributed by atoms with Gasteiger partial charge in [0.25, 0.3) is 0 Å². The Balaban J connectivity index is 1.54. The number of benzene rings is 2. The minimum atomic E-state index is -4.65. The van der Waals surface area contributed by atoms with E-state index >= 15 is 0 Å². The Bertz CT molecular complexity index is 727. The van der Waals surface area contributed by atoms with E-state index in [-0.39, 0.29) is 5.75 Å². The monoisotopic (exact) mass is 381 g/mol. The van der Waals surface area contributed by atoms with Crippen LogP contribution in [-0.4, -0.2) is 39.1 Å². The molecule has 0 atom stereocenters. The summed E-state index contributed by atoms with van der Waals surface area (Å²) in [6.45, 7) is 7.14. The summed E-state index contributed by atoms with van der Waals surface area (Å²) in [6, 6.07) is 14.2. The summed E-state index contributed by atoms with van der Waals surface area (Å²) in [5.41, 5.74) is 2.12. The van der Waals surface area contributed by atoms with Gasteiger partial charge >= 0.3 is 6.36 Å². The molecule has 2 aromatic rings. The third-order valence-corrected chi connectivity index (χ3v) is 4.59. The molecule has 27 heavy (non-hydrogen) atoms. The summed E-state index contributed by atoms with van der Waals surface area (Å²) in [7, 11) is 0. The molecule has 0 aromatic heterocycles. The van der Waals surface area contributed by atoms with Crippen LogP contribution in [0.2, 0.25) is 0 Å². The second-order valence-electron chi connectivity index (χ2n) is 6.51. The number of para-hydroxylation sites is 2. The standard InChI is InChI=1S/C20H23F3N2O2/c1-2-26-19-6-4-3-5-18(19)25-13-11-24(12-14-25)15-16-7-9-17(10-8-16)27-20(21,22)23/h3-10H,2,11-15H2,1H3/p+1. The van der Waals surface area contributed by atoms with Crippen LogP contribution in [0.25, 0.3) is 0 Å². The zero-order valence-corrected chi connectivity index (χ0v) is 15.3. The molecule has 0 radical (unpaired) electrons. The molecular formula is C20H24F3N2O2+. The van der Waals surface area contributed by atoms with Gasteiger partial charge < -0.3 is 19.3 Å². The summed E-state index contributed by atoms with van der Waals surface area (Å²) in [6.07, 6.45) is -4.65. The van der Waals surface area contributed by atoms with Gasteiger partial charge in [0.15, 0.2) is 0 Å². The molecule has 146 valence electrons. The molecule has 0 aliphatic carbocycles. The van der Waals surface area contributed by atoms with E-state index in [2.05, 4.69) is 15.7 Å². The van der Waals surface area contributed by atoms with Gasteiger partial charge in [0, 0.05) is 5.56 Å². The Labute approximate surface area is 157 Å². The van der Waals surface area contributed by atoms with Gasteiger partial charge in [-0.1, -0.05) is 12.1 Å². The largest absolute Gasteiger partial charge is 0.573 e. The molecule has 1 saturated heterocycles. The third kappa shape index (κ3) is 5.53. The zero-order valence-electron chi connectivity index (χ0n) is 15.3. The summed E-state index contributed by atoms with van der Waals surface area (Å²) < 4.78 is 46.3. The highest BCUT2D eigenvalue weighted by atomic mass is 19.4. The molecule has 1 heterocycles. The number of ether oxygens (including phenoxy) is 2.